The molecule has 0 atom stereocenters. The smallest absolute Gasteiger partial charge is 0.119 e. The topological polar surface area (TPSA) is 24.5 Å². The summed E-state index contributed by atoms with van der Waals surface area (Å²) in [7, 11) is 1.99. The van der Waals surface area contributed by atoms with Gasteiger partial charge in [-0.25, -0.2) is 0 Å². The molecule has 0 heterocycles. The number of halogens is 1. The van der Waals surface area contributed by atoms with Crippen molar-refractivity contribution in [3.63, 3.8) is 0 Å². The van der Waals surface area contributed by atoms with E-state index in [2.05, 4.69) is 33.1 Å². The van der Waals surface area contributed by atoms with Crippen LogP contribution in [0.3, 0.4) is 0 Å². The molecule has 0 saturated heterocycles. The summed E-state index contributed by atoms with van der Waals surface area (Å²) in [5, 5.41) is 3.18. The van der Waals surface area contributed by atoms with Crippen molar-refractivity contribution in [2.45, 2.75) is 13.3 Å². The number of hydrogen-bond donors (Lipinski definition) is 1. The van der Waals surface area contributed by atoms with Gasteiger partial charge >= 0.3 is 0 Å². The molecule has 102 valence electrons. The Bertz CT molecular complexity index is 316. The molecule has 3 nitrogen and oxygen atoms in total. The summed E-state index contributed by atoms with van der Waals surface area (Å²) in [5.41, 5.74) is 0. The van der Waals surface area contributed by atoms with Gasteiger partial charge in [0.05, 0.1) is 0 Å². The first-order chi connectivity index (χ1) is 8.76. The molecule has 0 radical (unpaired) electrons. The second-order valence-electron chi connectivity index (χ2n) is 4.25. The monoisotopic (exact) mass is 314 g/mol. The van der Waals surface area contributed by atoms with E-state index in [0.29, 0.717) is 0 Å². The van der Waals surface area contributed by atoms with Gasteiger partial charge in [0.15, 0.2) is 0 Å². The van der Waals surface area contributed by atoms with E-state index in [9.17, 15) is 0 Å². The van der Waals surface area contributed by atoms with E-state index in [-0.39, 0.29) is 0 Å². The third-order valence-electron chi connectivity index (χ3n) is 2.71. The number of benzene rings is 1. The lowest BCUT2D eigenvalue weighted by Crippen LogP contribution is -2.34. The van der Waals surface area contributed by atoms with Crippen molar-refractivity contribution in [3.8, 4) is 5.75 Å². The zero-order valence-electron chi connectivity index (χ0n) is 11.3. The number of likely N-dealkylation sites (N-methyl/N-ethyl adjacent to an activating group) is 1. The molecule has 0 fully saturated rings. The minimum absolute atomic E-state index is 0.741. The Kier molecular flexibility index (Phi) is 8.05. The maximum Gasteiger partial charge on any atom is 0.119 e. The maximum atomic E-state index is 5.73. The molecular formula is C14H23BrN2O. The molecule has 1 rings (SSSR count). The molecule has 1 N–H and O–H groups in total. The fourth-order valence-electron chi connectivity index (χ4n) is 1.74. The highest BCUT2D eigenvalue weighted by Crippen LogP contribution is 2.15. The van der Waals surface area contributed by atoms with Gasteiger partial charge < -0.3 is 10.1 Å². The molecule has 0 bridgehead atoms. The van der Waals surface area contributed by atoms with Crippen LogP contribution in [-0.2, 0) is 0 Å². The van der Waals surface area contributed by atoms with Gasteiger partial charge in [0.2, 0.25) is 0 Å². The number of nitrogens with one attached hydrogen (secondary N) is 1. The molecule has 0 saturated carbocycles. The zero-order valence-corrected chi connectivity index (χ0v) is 12.9. The Morgan fingerprint density at radius 3 is 2.50 bits per heavy atom. The Morgan fingerprint density at radius 2 is 1.89 bits per heavy atom. The first-order valence-electron chi connectivity index (χ1n) is 6.51. The highest BCUT2D eigenvalue weighted by molar-refractivity contribution is 9.10. The van der Waals surface area contributed by atoms with Crippen LogP contribution in [0.5, 0.6) is 5.75 Å². The van der Waals surface area contributed by atoms with Crippen LogP contribution in [0, 0.1) is 0 Å². The third-order valence-corrected chi connectivity index (χ3v) is 3.24. The SMILES string of the molecule is CCCN(CCNC)CCOc1ccc(Br)cc1. The predicted molar refractivity (Wildman–Crippen MR) is 80.3 cm³/mol. The van der Waals surface area contributed by atoms with Gasteiger partial charge in [-0.1, -0.05) is 22.9 Å². The predicted octanol–water partition coefficient (Wildman–Crippen LogP) is 2.76. The average Bonchev–Trinajstić information content (AvgIpc) is 2.38. The third kappa shape index (κ3) is 6.38. The molecule has 1 aromatic rings. The lowest BCUT2D eigenvalue weighted by Gasteiger charge is -2.21. The Hall–Kier alpha value is -0.580. The molecule has 0 aliphatic heterocycles. The van der Waals surface area contributed by atoms with Gasteiger partial charge in [0.1, 0.15) is 12.4 Å². The number of ether oxygens (including phenoxy) is 1. The molecule has 0 amide bonds. The lowest BCUT2D eigenvalue weighted by atomic mass is 10.3. The van der Waals surface area contributed by atoms with Crippen LogP contribution in [0.15, 0.2) is 28.7 Å². The van der Waals surface area contributed by atoms with Crippen LogP contribution in [-0.4, -0.2) is 44.7 Å². The van der Waals surface area contributed by atoms with Gasteiger partial charge in [-0.15, -0.1) is 0 Å². The normalized spacial score (nSPS) is 10.9. The van der Waals surface area contributed by atoms with Crippen LogP contribution in [0.4, 0.5) is 0 Å². The molecule has 0 unspecified atom stereocenters. The van der Waals surface area contributed by atoms with E-state index in [0.717, 1.165) is 43.0 Å². The molecular weight excluding hydrogens is 292 g/mol. The van der Waals surface area contributed by atoms with Crippen LogP contribution < -0.4 is 10.1 Å². The fraction of sp³-hybridized carbons (Fsp3) is 0.571. The minimum Gasteiger partial charge on any atom is -0.492 e. The quantitative estimate of drug-likeness (QED) is 0.758. The van der Waals surface area contributed by atoms with Crippen molar-refractivity contribution >= 4 is 15.9 Å². The first-order valence-corrected chi connectivity index (χ1v) is 7.31. The minimum atomic E-state index is 0.741. The Balaban J connectivity index is 2.26. The summed E-state index contributed by atoms with van der Waals surface area (Å²) in [6.45, 7) is 7.16. The number of rotatable bonds is 9. The van der Waals surface area contributed by atoms with Crippen LogP contribution in [0.25, 0.3) is 0 Å². The summed E-state index contributed by atoms with van der Waals surface area (Å²) in [6, 6.07) is 7.98. The van der Waals surface area contributed by atoms with Crippen LogP contribution in [0.1, 0.15) is 13.3 Å². The second-order valence-corrected chi connectivity index (χ2v) is 5.16. The van der Waals surface area contributed by atoms with Crippen molar-refractivity contribution in [3.05, 3.63) is 28.7 Å². The fourth-order valence-corrected chi connectivity index (χ4v) is 2.01. The second kappa shape index (κ2) is 9.36. The highest BCUT2D eigenvalue weighted by Gasteiger charge is 2.03. The average molecular weight is 315 g/mol. The van der Waals surface area contributed by atoms with Gasteiger partial charge in [-0.05, 0) is 44.3 Å². The molecule has 0 aliphatic rings. The summed E-state index contributed by atoms with van der Waals surface area (Å²) >= 11 is 3.42. The first kappa shape index (κ1) is 15.5. The lowest BCUT2D eigenvalue weighted by molar-refractivity contribution is 0.210. The highest BCUT2D eigenvalue weighted by atomic mass is 79.9. The van der Waals surface area contributed by atoms with E-state index in [1.165, 1.54) is 6.42 Å². The van der Waals surface area contributed by atoms with Crippen molar-refractivity contribution in [2.24, 2.45) is 0 Å². The van der Waals surface area contributed by atoms with Crippen molar-refractivity contribution in [1.82, 2.24) is 10.2 Å². The summed E-state index contributed by atoms with van der Waals surface area (Å²) < 4.78 is 6.81. The van der Waals surface area contributed by atoms with E-state index in [4.69, 9.17) is 4.74 Å². The van der Waals surface area contributed by atoms with E-state index < -0.39 is 0 Å². The number of hydrogen-bond acceptors (Lipinski definition) is 3. The van der Waals surface area contributed by atoms with Crippen molar-refractivity contribution in [1.29, 1.82) is 0 Å². The molecule has 18 heavy (non-hydrogen) atoms. The van der Waals surface area contributed by atoms with Gasteiger partial charge in [0, 0.05) is 24.1 Å². The van der Waals surface area contributed by atoms with Crippen LogP contribution in [0.2, 0.25) is 0 Å². The standard InChI is InChI=1S/C14H23BrN2O/c1-3-9-17(10-8-16-2)11-12-18-14-6-4-13(15)5-7-14/h4-7,16H,3,8-12H2,1-2H3. The van der Waals surface area contributed by atoms with Crippen molar-refractivity contribution < 1.29 is 4.74 Å². The molecule has 0 aromatic heterocycles. The van der Waals surface area contributed by atoms with E-state index in [1.807, 2.05) is 31.3 Å². The summed E-state index contributed by atoms with van der Waals surface area (Å²) in [5.74, 6) is 0.934. The van der Waals surface area contributed by atoms with E-state index in [1.54, 1.807) is 0 Å². The zero-order chi connectivity index (χ0) is 13.2. The van der Waals surface area contributed by atoms with Gasteiger partial charge in [-0.2, -0.15) is 0 Å². The number of nitrogens with zero attached hydrogens (tertiary/aromatic N) is 1. The van der Waals surface area contributed by atoms with Gasteiger partial charge in [0.25, 0.3) is 0 Å². The molecule has 4 heteroatoms. The summed E-state index contributed by atoms with van der Waals surface area (Å²) in [4.78, 5) is 2.43. The van der Waals surface area contributed by atoms with Crippen LogP contribution >= 0.6 is 15.9 Å². The Labute approximate surface area is 119 Å². The van der Waals surface area contributed by atoms with E-state index >= 15 is 0 Å². The largest absolute Gasteiger partial charge is 0.492 e. The molecule has 0 spiro atoms. The van der Waals surface area contributed by atoms with Gasteiger partial charge in [-0.3, -0.25) is 4.90 Å². The Morgan fingerprint density at radius 1 is 1.17 bits per heavy atom. The maximum absolute atomic E-state index is 5.73. The summed E-state index contributed by atoms with van der Waals surface area (Å²) in [6.07, 6.45) is 1.18. The van der Waals surface area contributed by atoms with Crippen molar-refractivity contribution in [2.75, 3.05) is 39.8 Å². The molecule has 0 aliphatic carbocycles. The molecule has 1 aromatic carbocycles.